The molecule has 0 radical (unpaired) electrons. The lowest BCUT2D eigenvalue weighted by Crippen LogP contribution is -2.14. The molecule has 2 N–H and O–H groups in total. The molecule has 0 aliphatic heterocycles. The standard InChI is InChI=1S/C16H11FN2O2/c17-12-5-3-7-14(20)15(12)16(21)19-11-8-10-4-1-2-6-13(10)18-9-11/h1-9,20H,(H,19,21). The fraction of sp³-hybridized carbons (Fsp3) is 0. The molecule has 0 unspecified atom stereocenters. The van der Waals surface area contributed by atoms with E-state index < -0.39 is 17.5 Å². The zero-order valence-corrected chi connectivity index (χ0v) is 10.9. The average Bonchev–Trinajstić information content (AvgIpc) is 2.47. The Morgan fingerprint density at radius 2 is 1.95 bits per heavy atom. The molecule has 0 fully saturated rings. The van der Waals surface area contributed by atoms with E-state index in [1.54, 1.807) is 6.07 Å². The van der Waals surface area contributed by atoms with Gasteiger partial charge in [-0.15, -0.1) is 0 Å². The lowest BCUT2D eigenvalue weighted by Gasteiger charge is -2.08. The molecule has 1 amide bonds. The predicted octanol–water partition coefficient (Wildman–Crippen LogP) is 3.33. The molecule has 1 aromatic heterocycles. The monoisotopic (exact) mass is 282 g/mol. The van der Waals surface area contributed by atoms with Crippen molar-refractivity contribution in [3.63, 3.8) is 0 Å². The maximum absolute atomic E-state index is 13.6. The minimum Gasteiger partial charge on any atom is -0.507 e. The molecule has 3 aromatic rings. The molecule has 4 nitrogen and oxygen atoms in total. The Bertz CT molecular complexity index is 813. The van der Waals surface area contributed by atoms with E-state index in [0.717, 1.165) is 17.0 Å². The van der Waals surface area contributed by atoms with Crippen molar-refractivity contribution in [1.29, 1.82) is 0 Å². The molecule has 0 aliphatic rings. The maximum Gasteiger partial charge on any atom is 0.262 e. The second-order valence-electron chi connectivity index (χ2n) is 4.50. The van der Waals surface area contributed by atoms with Crippen molar-refractivity contribution in [3.05, 3.63) is 66.1 Å². The number of halogens is 1. The third-order valence-electron chi connectivity index (χ3n) is 3.07. The number of nitrogens with one attached hydrogen (secondary N) is 1. The number of fused-ring (bicyclic) bond motifs is 1. The predicted molar refractivity (Wildman–Crippen MR) is 77.8 cm³/mol. The number of benzene rings is 2. The normalized spacial score (nSPS) is 10.5. The van der Waals surface area contributed by atoms with Crippen LogP contribution in [0, 0.1) is 5.82 Å². The van der Waals surface area contributed by atoms with Gasteiger partial charge in [0.25, 0.3) is 5.91 Å². The number of hydrogen-bond acceptors (Lipinski definition) is 3. The first-order valence-electron chi connectivity index (χ1n) is 6.29. The zero-order chi connectivity index (χ0) is 14.8. The van der Waals surface area contributed by atoms with Gasteiger partial charge in [-0.05, 0) is 24.3 Å². The maximum atomic E-state index is 13.6. The second kappa shape index (κ2) is 5.20. The highest BCUT2D eigenvalue weighted by atomic mass is 19.1. The van der Waals surface area contributed by atoms with Crippen LogP contribution in [0.5, 0.6) is 5.75 Å². The van der Waals surface area contributed by atoms with Crippen molar-refractivity contribution in [1.82, 2.24) is 4.98 Å². The number of pyridine rings is 1. The summed E-state index contributed by atoms with van der Waals surface area (Å²) in [5, 5.41) is 13.0. The van der Waals surface area contributed by atoms with Crippen LogP contribution in [0.15, 0.2) is 54.7 Å². The summed E-state index contributed by atoms with van der Waals surface area (Å²) in [7, 11) is 0. The van der Waals surface area contributed by atoms with Crippen LogP contribution in [0.4, 0.5) is 10.1 Å². The van der Waals surface area contributed by atoms with Crippen LogP contribution in [0.25, 0.3) is 10.9 Å². The molecular weight excluding hydrogens is 271 g/mol. The van der Waals surface area contributed by atoms with Gasteiger partial charge < -0.3 is 10.4 Å². The SMILES string of the molecule is O=C(Nc1cnc2ccccc2c1)c1c(O)cccc1F. The molecular formula is C16H11FN2O2. The van der Waals surface area contributed by atoms with Gasteiger partial charge in [-0.3, -0.25) is 9.78 Å². The van der Waals surface area contributed by atoms with E-state index in [9.17, 15) is 14.3 Å². The van der Waals surface area contributed by atoms with Gasteiger partial charge in [0.15, 0.2) is 0 Å². The molecule has 0 aliphatic carbocycles. The summed E-state index contributed by atoms with van der Waals surface area (Å²) >= 11 is 0. The number of hydrogen-bond donors (Lipinski definition) is 2. The quantitative estimate of drug-likeness (QED) is 0.757. The number of phenolic OH excluding ortho intramolecular Hbond substituents is 1. The number of phenols is 1. The molecule has 0 bridgehead atoms. The highest BCUT2D eigenvalue weighted by molar-refractivity contribution is 6.06. The van der Waals surface area contributed by atoms with Crippen LogP contribution < -0.4 is 5.32 Å². The smallest absolute Gasteiger partial charge is 0.262 e. The summed E-state index contributed by atoms with van der Waals surface area (Å²) in [6.45, 7) is 0. The van der Waals surface area contributed by atoms with Gasteiger partial charge in [-0.2, -0.15) is 0 Å². The summed E-state index contributed by atoms with van der Waals surface area (Å²) in [5.41, 5.74) is 0.844. The van der Waals surface area contributed by atoms with Crippen LogP contribution in [0.3, 0.4) is 0 Å². The first kappa shape index (κ1) is 13.1. The lowest BCUT2D eigenvalue weighted by molar-refractivity contribution is 0.102. The second-order valence-corrected chi connectivity index (χ2v) is 4.50. The number of carbonyl (C=O) groups excluding carboxylic acids is 1. The Kier molecular flexibility index (Phi) is 3.23. The highest BCUT2D eigenvalue weighted by Gasteiger charge is 2.16. The number of nitrogens with zero attached hydrogens (tertiary/aromatic N) is 1. The van der Waals surface area contributed by atoms with Crippen molar-refractivity contribution in [2.45, 2.75) is 0 Å². The van der Waals surface area contributed by atoms with E-state index in [2.05, 4.69) is 10.3 Å². The number of carbonyl (C=O) groups is 1. The van der Waals surface area contributed by atoms with E-state index in [-0.39, 0.29) is 5.56 Å². The zero-order valence-electron chi connectivity index (χ0n) is 10.9. The molecule has 104 valence electrons. The summed E-state index contributed by atoms with van der Waals surface area (Å²) in [6, 6.07) is 12.9. The Balaban J connectivity index is 1.93. The van der Waals surface area contributed by atoms with Gasteiger partial charge in [0, 0.05) is 5.39 Å². The number of anilines is 1. The summed E-state index contributed by atoms with van der Waals surface area (Å²) in [6.07, 6.45) is 1.48. The number of para-hydroxylation sites is 1. The molecule has 1 heterocycles. The van der Waals surface area contributed by atoms with Gasteiger partial charge in [-0.1, -0.05) is 24.3 Å². The van der Waals surface area contributed by atoms with E-state index >= 15 is 0 Å². The molecule has 0 atom stereocenters. The number of rotatable bonds is 2. The Morgan fingerprint density at radius 3 is 2.76 bits per heavy atom. The molecule has 2 aromatic carbocycles. The molecule has 0 spiro atoms. The number of aromatic hydroxyl groups is 1. The van der Waals surface area contributed by atoms with Gasteiger partial charge in [0.2, 0.25) is 0 Å². The Labute approximate surface area is 119 Å². The van der Waals surface area contributed by atoms with Gasteiger partial charge in [0.05, 0.1) is 17.4 Å². The van der Waals surface area contributed by atoms with Crippen LogP contribution in [0.2, 0.25) is 0 Å². The topological polar surface area (TPSA) is 62.2 Å². The molecule has 5 heteroatoms. The fourth-order valence-electron chi connectivity index (χ4n) is 2.07. The molecule has 0 saturated heterocycles. The van der Waals surface area contributed by atoms with Crippen LogP contribution in [-0.2, 0) is 0 Å². The van der Waals surface area contributed by atoms with Crippen LogP contribution in [0.1, 0.15) is 10.4 Å². The summed E-state index contributed by atoms with van der Waals surface area (Å²) < 4.78 is 13.6. The van der Waals surface area contributed by atoms with Crippen molar-refractivity contribution in [2.24, 2.45) is 0 Å². The van der Waals surface area contributed by atoms with Crippen molar-refractivity contribution >= 4 is 22.5 Å². The third kappa shape index (κ3) is 2.53. The van der Waals surface area contributed by atoms with Crippen molar-refractivity contribution in [2.75, 3.05) is 5.32 Å². The fourth-order valence-corrected chi connectivity index (χ4v) is 2.07. The van der Waals surface area contributed by atoms with E-state index in [1.165, 1.54) is 18.3 Å². The average molecular weight is 282 g/mol. The number of amides is 1. The first-order chi connectivity index (χ1) is 10.1. The number of aromatic nitrogens is 1. The molecule has 3 rings (SSSR count). The van der Waals surface area contributed by atoms with Crippen LogP contribution in [-0.4, -0.2) is 16.0 Å². The summed E-state index contributed by atoms with van der Waals surface area (Å²) in [4.78, 5) is 16.3. The van der Waals surface area contributed by atoms with Gasteiger partial charge in [-0.25, -0.2) is 4.39 Å². The van der Waals surface area contributed by atoms with E-state index in [4.69, 9.17) is 0 Å². The minimum absolute atomic E-state index is 0.384. The first-order valence-corrected chi connectivity index (χ1v) is 6.29. The van der Waals surface area contributed by atoms with Gasteiger partial charge >= 0.3 is 0 Å². The minimum atomic E-state index is -0.777. The molecule has 21 heavy (non-hydrogen) atoms. The largest absolute Gasteiger partial charge is 0.507 e. The Hall–Kier alpha value is -2.95. The highest BCUT2D eigenvalue weighted by Crippen LogP contribution is 2.22. The Morgan fingerprint density at radius 1 is 1.14 bits per heavy atom. The van der Waals surface area contributed by atoms with E-state index in [1.807, 2.05) is 24.3 Å². The third-order valence-corrected chi connectivity index (χ3v) is 3.07. The van der Waals surface area contributed by atoms with Gasteiger partial charge in [0.1, 0.15) is 17.1 Å². The van der Waals surface area contributed by atoms with Crippen molar-refractivity contribution in [3.8, 4) is 5.75 Å². The summed E-state index contributed by atoms with van der Waals surface area (Å²) in [5.74, 6) is -1.90. The van der Waals surface area contributed by atoms with Crippen molar-refractivity contribution < 1.29 is 14.3 Å². The van der Waals surface area contributed by atoms with E-state index in [0.29, 0.717) is 5.69 Å². The lowest BCUT2D eigenvalue weighted by atomic mass is 10.1. The molecule has 0 saturated carbocycles. The van der Waals surface area contributed by atoms with Crippen LogP contribution >= 0.6 is 0 Å².